The van der Waals surface area contributed by atoms with Gasteiger partial charge >= 0.3 is 5.97 Å². The second-order valence-electron chi connectivity index (χ2n) is 3.60. The predicted molar refractivity (Wildman–Crippen MR) is 59.9 cm³/mol. The van der Waals surface area contributed by atoms with E-state index in [1.165, 1.54) is 10.8 Å². The minimum absolute atomic E-state index is 0.144. The molecule has 0 aliphatic rings. The standard InChI is InChI=1S/C10H12BrNO3/c1-6(2)8(10(14)15)12-5-3-4-7(11)9(12)13/h3-6,8H,1-2H3,(H,14,15). The average molecular weight is 274 g/mol. The molecule has 0 saturated carbocycles. The molecule has 1 unspecified atom stereocenters. The van der Waals surface area contributed by atoms with Crippen molar-refractivity contribution in [3.05, 3.63) is 33.2 Å². The maximum Gasteiger partial charge on any atom is 0.327 e. The number of carboxylic acids is 1. The number of aliphatic carboxylic acids is 1. The second kappa shape index (κ2) is 4.61. The van der Waals surface area contributed by atoms with Crippen molar-refractivity contribution in [3.8, 4) is 0 Å². The molecule has 5 heteroatoms. The van der Waals surface area contributed by atoms with Crippen LogP contribution in [0.25, 0.3) is 0 Å². The lowest BCUT2D eigenvalue weighted by Crippen LogP contribution is -2.32. The predicted octanol–water partition coefficient (Wildman–Crippen LogP) is 1.89. The Labute approximate surface area is 95.7 Å². The Morgan fingerprint density at radius 3 is 2.60 bits per heavy atom. The highest BCUT2D eigenvalue weighted by molar-refractivity contribution is 9.10. The summed E-state index contributed by atoms with van der Waals surface area (Å²) in [5.74, 6) is -1.14. The van der Waals surface area contributed by atoms with Crippen LogP contribution in [0.3, 0.4) is 0 Å². The number of hydrogen-bond donors (Lipinski definition) is 1. The van der Waals surface area contributed by atoms with Gasteiger partial charge in [-0.25, -0.2) is 4.79 Å². The van der Waals surface area contributed by atoms with Gasteiger partial charge in [0.25, 0.3) is 5.56 Å². The van der Waals surface area contributed by atoms with Crippen molar-refractivity contribution in [2.24, 2.45) is 5.92 Å². The van der Waals surface area contributed by atoms with Crippen LogP contribution in [0.5, 0.6) is 0 Å². The summed E-state index contributed by atoms with van der Waals surface area (Å²) in [4.78, 5) is 22.7. The zero-order valence-electron chi connectivity index (χ0n) is 8.48. The summed E-state index contributed by atoms with van der Waals surface area (Å²) in [6.45, 7) is 3.54. The molecule has 0 aliphatic heterocycles. The minimum atomic E-state index is -0.995. The van der Waals surface area contributed by atoms with Gasteiger partial charge in [-0.15, -0.1) is 0 Å². The second-order valence-corrected chi connectivity index (χ2v) is 4.45. The summed E-state index contributed by atoms with van der Waals surface area (Å²) in [6.07, 6.45) is 1.49. The zero-order valence-corrected chi connectivity index (χ0v) is 10.1. The molecule has 1 aromatic heterocycles. The number of hydrogen-bond acceptors (Lipinski definition) is 2. The van der Waals surface area contributed by atoms with Crippen LogP contribution in [0.4, 0.5) is 0 Å². The van der Waals surface area contributed by atoms with E-state index >= 15 is 0 Å². The van der Waals surface area contributed by atoms with Crippen LogP contribution in [0, 0.1) is 5.92 Å². The lowest BCUT2D eigenvalue weighted by molar-refractivity contribution is -0.142. The van der Waals surface area contributed by atoms with Crippen LogP contribution in [0.2, 0.25) is 0 Å². The van der Waals surface area contributed by atoms with Gasteiger partial charge in [-0.05, 0) is 34.0 Å². The lowest BCUT2D eigenvalue weighted by Gasteiger charge is -2.18. The number of carboxylic acid groups (broad SMARTS) is 1. The molecule has 4 nitrogen and oxygen atoms in total. The Balaban J connectivity index is 3.30. The Kier molecular flexibility index (Phi) is 3.68. The van der Waals surface area contributed by atoms with Crippen molar-refractivity contribution >= 4 is 21.9 Å². The molecular weight excluding hydrogens is 262 g/mol. The molecule has 0 spiro atoms. The fourth-order valence-electron chi connectivity index (χ4n) is 1.43. The van der Waals surface area contributed by atoms with E-state index in [-0.39, 0.29) is 11.5 Å². The van der Waals surface area contributed by atoms with E-state index in [2.05, 4.69) is 15.9 Å². The summed E-state index contributed by atoms with van der Waals surface area (Å²) in [5, 5.41) is 9.04. The largest absolute Gasteiger partial charge is 0.480 e. The van der Waals surface area contributed by atoms with Crippen molar-refractivity contribution in [1.82, 2.24) is 4.57 Å². The maximum atomic E-state index is 11.7. The van der Waals surface area contributed by atoms with Crippen LogP contribution in [0.15, 0.2) is 27.6 Å². The zero-order chi connectivity index (χ0) is 11.6. The van der Waals surface area contributed by atoms with E-state index in [4.69, 9.17) is 5.11 Å². The van der Waals surface area contributed by atoms with Crippen molar-refractivity contribution < 1.29 is 9.90 Å². The van der Waals surface area contributed by atoms with Crippen molar-refractivity contribution in [3.63, 3.8) is 0 Å². The molecule has 1 aromatic rings. The first-order chi connectivity index (χ1) is 6.95. The van der Waals surface area contributed by atoms with Crippen molar-refractivity contribution in [1.29, 1.82) is 0 Å². The molecule has 1 atom stereocenters. The van der Waals surface area contributed by atoms with Crippen LogP contribution >= 0.6 is 15.9 Å². The van der Waals surface area contributed by atoms with E-state index in [0.717, 1.165) is 0 Å². The normalized spacial score (nSPS) is 12.8. The van der Waals surface area contributed by atoms with E-state index < -0.39 is 12.0 Å². The van der Waals surface area contributed by atoms with E-state index in [1.54, 1.807) is 26.0 Å². The number of pyridine rings is 1. The molecule has 0 amide bonds. The number of halogens is 1. The molecular formula is C10H12BrNO3. The van der Waals surface area contributed by atoms with Gasteiger partial charge in [0.05, 0.1) is 4.47 Å². The smallest absolute Gasteiger partial charge is 0.327 e. The summed E-state index contributed by atoms with van der Waals surface area (Å²) in [5.41, 5.74) is -0.321. The fraction of sp³-hybridized carbons (Fsp3) is 0.400. The van der Waals surface area contributed by atoms with E-state index in [0.29, 0.717) is 4.47 Å². The monoisotopic (exact) mass is 273 g/mol. The van der Waals surface area contributed by atoms with Crippen LogP contribution in [-0.4, -0.2) is 15.6 Å². The molecule has 1 rings (SSSR count). The van der Waals surface area contributed by atoms with E-state index in [1.807, 2.05) is 0 Å². The van der Waals surface area contributed by atoms with Crippen LogP contribution in [0.1, 0.15) is 19.9 Å². The summed E-state index contributed by atoms with van der Waals surface area (Å²) < 4.78 is 1.61. The van der Waals surface area contributed by atoms with Gasteiger partial charge in [0.1, 0.15) is 6.04 Å². The molecule has 0 saturated heterocycles. The third-order valence-corrected chi connectivity index (χ3v) is 2.72. The fourth-order valence-corrected chi connectivity index (χ4v) is 1.78. The highest BCUT2D eigenvalue weighted by atomic mass is 79.9. The van der Waals surface area contributed by atoms with Crippen molar-refractivity contribution in [2.45, 2.75) is 19.9 Å². The van der Waals surface area contributed by atoms with E-state index in [9.17, 15) is 9.59 Å². The maximum absolute atomic E-state index is 11.7. The average Bonchev–Trinajstić information content (AvgIpc) is 2.11. The molecule has 82 valence electrons. The number of carbonyl (C=O) groups is 1. The number of rotatable bonds is 3. The first-order valence-electron chi connectivity index (χ1n) is 4.54. The third kappa shape index (κ3) is 2.47. The van der Waals surface area contributed by atoms with Gasteiger partial charge in [-0.2, -0.15) is 0 Å². The molecule has 1 heterocycles. The SMILES string of the molecule is CC(C)C(C(=O)O)n1cccc(Br)c1=O. The molecule has 0 aromatic carbocycles. The van der Waals surface area contributed by atoms with Crippen LogP contribution in [-0.2, 0) is 4.79 Å². The third-order valence-electron chi connectivity index (χ3n) is 2.11. The number of nitrogens with zero attached hydrogens (tertiary/aromatic N) is 1. The van der Waals surface area contributed by atoms with Crippen molar-refractivity contribution in [2.75, 3.05) is 0 Å². The summed E-state index contributed by atoms with van der Waals surface area (Å²) in [6, 6.07) is 2.41. The quantitative estimate of drug-likeness (QED) is 0.915. The minimum Gasteiger partial charge on any atom is -0.480 e. The lowest BCUT2D eigenvalue weighted by atomic mass is 10.0. The molecule has 0 fully saturated rings. The van der Waals surface area contributed by atoms with Crippen LogP contribution < -0.4 is 5.56 Å². The molecule has 15 heavy (non-hydrogen) atoms. The number of aromatic nitrogens is 1. The molecule has 0 radical (unpaired) electrons. The summed E-state index contributed by atoms with van der Waals surface area (Å²) in [7, 11) is 0. The molecule has 0 bridgehead atoms. The molecule has 1 N–H and O–H groups in total. The molecule has 0 aliphatic carbocycles. The van der Waals surface area contributed by atoms with Gasteiger partial charge in [-0.1, -0.05) is 13.8 Å². The highest BCUT2D eigenvalue weighted by Gasteiger charge is 2.24. The summed E-state index contributed by atoms with van der Waals surface area (Å²) >= 11 is 3.09. The van der Waals surface area contributed by atoms with Gasteiger partial charge in [0.2, 0.25) is 0 Å². The van der Waals surface area contributed by atoms with Gasteiger partial charge < -0.3 is 9.67 Å². The van der Waals surface area contributed by atoms with Gasteiger partial charge in [0, 0.05) is 6.20 Å². The Hall–Kier alpha value is -1.10. The van der Waals surface area contributed by atoms with Gasteiger partial charge in [0.15, 0.2) is 0 Å². The Morgan fingerprint density at radius 2 is 2.13 bits per heavy atom. The topological polar surface area (TPSA) is 59.3 Å². The Bertz CT molecular complexity index is 425. The van der Waals surface area contributed by atoms with Gasteiger partial charge in [-0.3, -0.25) is 4.79 Å². The highest BCUT2D eigenvalue weighted by Crippen LogP contribution is 2.16. The first-order valence-corrected chi connectivity index (χ1v) is 5.34. The first kappa shape index (κ1) is 12.0. The Morgan fingerprint density at radius 1 is 1.53 bits per heavy atom.